The van der Waals surface area contributed by atoms with Crippen molar-refractivity contribution in [3.8, 4) is 5.75 Å². The molecular weight excluding hydrogens is 380 g/mol. The highest BCUT2D eigenvalue weighted by Crippen LogP contribution is 2.34. The molecule has 0 atom stereocenters. The third-order valence-corrected chi connectivity index (χ3v) is 4.72. The van der Waals surface area contributed by atoms with Gasteiger partial charge in [-0.25, -0.2) is 8.42 Å². The summed E-state index contributed by atoms with van der Waals surface area (Å²) in [6.07, 6.45) is 0. The van der Waals surface area contributed by atoms with Gasteiger partial charge < -0.3 is 4.74 Å². The van der Waals surface area contributed by atoms with Crippen molar-refractivity contribution in [2.24, 2.45) is 7.05 Å². The van der Waals surface area contributed by atoms with Gasteiger partial charge in [0.2, 0.25) is 0 Å². The number of ether oxygens (including phenoxy) is 1. The lowest BCUT2D eigenvalue weighted by molar-refractivity contribution is 0.285. The summed E-state index contributed by atoms with van der Waals surface area (Å²) in [6.45, 7) is 3.85. The van der Waals surface area contributed by atoms with E-state index in [4.69, 9.17) is 15.4 Å². The van der Waals surface area contributed by atoms with Gasteiger partial charge in [0, 0.05) is 22.2 Å². The zero-order chi connectivity index (χ0) is 15.8. The second kappa shape index (κ2) is 5.98. The molecule has 0 unspecified atom stereocenters. The van der Waals surface area contributed by atoms with Crippen LogP contribution in [0.1, 0.15) is 17.0 Å². The molecule has 0 bridgehead atoms. The molecule has 0 saturated carbocycles. The van der Waals surface area contributed by atoms with E-state index in [1.54, 1.807) is 24.7 Å². The first-order valence-electron chi connectivity index (χ1n) is 6.05. The first kappa shape index (κ1) is 16.3. The van der Waals surface area contributed by atoms with Crippen molar-refractivity contribution in [2.45, 2.75) is 25.3 Å². The van der Waals surface area contributed by atoms with E-state index in [9.17, 15) is 8.42 Å². The molecule has 2 rings (SSSR count). The summed E-state index contributed by atoms with van der Waals surface area (Å²) in [6, 6.07) is 5.08. The molecule has 8 heteroatoms. The number of nitrogens with zero attached hydrogens (tertiary/aromatic N) is 2. The molecule has 1 aromatic carbocycles. The molecule has 0 N–H and O–H groups in total. The van der Waals surface area contributed by atoms with E-state index in [-0.39, 0.29) is 17.3 Å². The number of benzene rings is 1. The van der Waals surface area contributed by atoms with E-state index in [1.807, 2.05) is 13.0 Å². The van der Waals surface area contributed by atoms with Gasteiger partial charge in [0.15, 0.2) is 0 Å². The lowest BCUT2D eigenvalue weighted by atomic mass is 10.2. The van der Waals surface area contributed by atoms with Gasteiger partial charge >= 0.3 is 0 Å². The molecule has 1 aromatic heterocycles. The summed E-state index contributed by atoms with van der Waals surface area (Å²) < 4.78 is 31.4. The van der Waals surface area contributed by atoms with Crippen molar-refractivity contribution in [3.63, 3.8) is 0 Å². The molecule has 1 heterocycles. The second-order valence-electron chi connectivity index (χ2n) is 4.68. The zero-order valence-electron chi connectivity index (χ0n) is 11.7. The van der Waals surface area contributed by atoms with Crippen molar-refractivity contribution in [2.75, 3.05) is 0 Å². The van der Waals surface area contributed by atoms with Crippen LogP contribution >= 0.6 is 26.6 Å². The van der Waals surface area contributed by atoms with Crippen molar-refractivity contribution < 1.29 is 13.2 Å². The minimum absolute atomic E-state index is 0.0464. The molecule has 0 aliphatic rings. The summed E-state index contributed by atoms with van der Waals surface area (Å²) in [5, 5.41) is 4.22. The Bertz CT molecular complexity index is 787. The number of halogens is 2. The van der Waals surface area contributed by atoms with Gasteiger partial charge in [0.1, 0.15) is 17.3 Å². The first-order valence-corrected chi connectivity index (χ1v) is 9.16. The van der Waals surface area contributed by atoms with Crippen LogP contribution in [0.4, 0.5) is 0 Å². The molecule has 0 spiro atoms. The van der Waals surface area contributed by atoms with Crippen LogP contribution in [-0.2, 0) is 22.7 Å². The van der Waals surface area contributed by atoms with Crippen molar-refractivity contribution in [1.29, 1.82) is 0 Å². The Morgan fingerprint density at radius 1 is 1.33 bits per heavy atom. The first-order chi connectivity index (χ1) is 9.68. The SMILES string of the molecule is Cc1cc(COc2c(C)cc(Br)cc2S(=O)(=O)Cl)n(C)n1. The molecule has 5 nitrogen and oxygen atoms in total. The standard InChI is InChI=1S/C13H14BrClN2O3S/c1-8-4-10(14)6-12(21(15,18)19)13(8)20-7-11-5-9(2)16-17(11)3/h4-6H,7H2,1-3H3. The molecule has 114 valence electrons. The van der Waals surface area contributed by atoms with E-state index in [1.165, 1.54) is 6.07 Å². The zero-order valence-corrected chi connectivity index (χ0v) is 14.9. The minimum Gasteiger partial charge on any atom is -0.486 e. The Kier molecular flexibility index (Phi) is 4.65. The summed E-state index contributed by atoms with van der Waals surface area (Å²) >= 11 is 3.26. The maximum absolute atomic E-state index is 11.7. The number of hydrogen-bond acceptors (Lipinski definition) is 4. The molecule has 0 amide bonds. The van der Waals surface area contributed by atoms with Crippen LogP contribution in [0.2, 0.25) is 0 Å². The third kappa shape index (κ3) is 3.78. The number of aryl methyl sites for hydroxylation is 3. The van der Waals surface area contributed by atoms with Crippen molar-refractivity contribution >= 4 is 35.7 Å². The lowest BCUT2D eigenvalue weighted by Gasteiger charge is -2.13. The quantitative estimate of drug-likeness (QED) is 0.748. The smallest absolute Gasteiger partial charge is 0.265 e. The molecule has 0 saturated heterocycles. The number of aromatic nitrogens is 2. The van der Waals surface area contributed by atoms with E-state index < -0.39 is 9.05 Å². The predicted molar refractivity (Wildman–Crippen MR) is 84.2 cm³/mol. The minimum atomic E-state index is -3.89. The molecule has 0 fully saturated rings. The largest absolute Gasteiger partial charge is 0.486 e. The topological polar surface area (TPSA) is 61.2 Å². The number of hydrogen-bond donors (Lipinski definition) is 0. The Morgan fingerprint density at radius 3 is 2.52 bits per heavy atom. The van der Waals surface area contributed by atoms with Crippen LogP contribution in [0, 0.1) is 13.8 Å². The van der Waals surface area contributed by atoms with E-state index in [2.05, 4.69) is 21.0 Å². The van der Waals surface area contributed by atoms with Crippen LogP contribution in [0.5, 0.6) is 5.75 Å². The Balaban J connectivity index is 2.38. The van der Waals surface area contributed by atoms with Gasteiger partial charge in [-0.05, 0) is 37.6 Å². The predicted octanol–water partition coefficient (Wildman–Crippen LogP) is 3.31. The second-order valence-corrected chi connectivity index (χ2v) is 8.13. The highest BCUT2D eigenvalue weighted by molar-refractivity contribution is 9.10. The monoisotopic (exact) mass is 392 g/mol. The Labute approximate surface area is 136 Å². The fourth-order valence-corrected chi connectivity index (χ4v) is 3.79. The Hall–Kier alpha value is -1.05. The lowest BCUT2D eigenvalue weighted by Crippen LogP contribution is -2.06. The van der Waals surface area contributed by atoms with Gasteiger partial charge in [-0.15, -0.1) is 0 Å². The van der Waals surface area contributed by atoms with Gasteiger partial charge in [0.05, 0.1) is 11.4 Å². The highest BCUT2D eigenvalue weighted by Gasteiger charge is 2.20. The maximum Gasteiger partial charge on any atom is 0.265 e. The summed E-state index contributed by atoms with van der Waals surface area (Å²) in [5.41, 5.74) is 2.39. The fraction of sp³-hybridized carbons (Fsp3) is 0.308. The summed E-state index contributed by atoms with van der Waals surface area (Å²) in [5.74, 6) is 0.257. The van der Waals surface area contributed by atoms with E-state index in [0.717, 1.165) is 11.4 Å². The number of rotatable bonds is 4. The van der Waals surface area contributed by atoms with Crippen LogP contribution in [0.3, 0.4) is 0 Å². The average molecular weight is 394 g/mol. The fourth-order valence-electron chi connectivity index (χ4n) is 2.01. The normalized spacial score (nSPS) is 11.7. The Morgan fingerprint density at radius 2 is 2.00 bits per heavy atom. The molecule has 0 aliphatic heterocycles. The molecule has 2 aromatic rings. The summed E-state index contributed by atoms with van der Waals surface area (Å²) in [4.78, 5) is -0.0464. The van der Waals surface area contributed by atoms with Gasteiger partial charge in [-0.3, -0.25) is 4.68 Å². The van der Waals surface area contributed by atoms with Crippen molar-refractivity contribution in [1.82, 2.24) is 9.78 Å². The van der Waals surface area contributed by atoms with Crippen molar-refractivity contribution in [3.05, 3.63) is 39.6 Å². The molecular formula is C13H14BrClN2O3S. The molecule has 0 radical (unpaired) electrons. The van der Waals surface area contributed by atoms with E-state index in [0.29, 0.717) is 10.0 Å². The van der Waals surface area contributed by atoms with Gasteiger partial charge in [-0.2, -0.15) is 5.10 Å². The van der Waals surface area contributed by atoms with Gasteiger partial charge in [0.25, 0.3) is 9.05 Å². The maximum atomic E-state index is 11.7. The summed E-state index contributed by atoms with van der Waals surface area (Å²) in [7, 11) is 3.39. The molecule has 21 heavy (non-hydrogen) atoms. The van der Waals surface area contributed by atoms with Gasteiger partial charge in [-0.1, -0.05) is 15.9 Å². The van der Waals surface area contributed by atoms with Crippen LogP contribution < -0.4 is 4.74 Å². The van der Waals surface area contributed by atoms with Crippen LogP contribution in [0.15, 0.2) is 27.6 Å². The highest BCUT2D eigenvalue weighted by atomic mass is 79.9. The van der Waals surface area contributed by atoms with Crippen LogP contribution in [0.25, 0.3) is 0 Å². The van der Waals surface area contributed by atoms with Crippen LogP contribution in [-0.4, -0.2) is 18.2 Å². The molecule has 0 aliphatic carbocycles. The van der Waals surface area contributed by atoms with E-state index >= 15 is 0 Å². The third-order valence-electron chi connectivity index (χ3n) is 2.93. The average Bonchev–Trinajstić information content (AvgIpc) is 2.64.